The van der Waals surface area contributed by atoms with Crippen LogP contribution in [0.15, 0.2) is 28.4 Å². The Kier molecular flexibility index (Phi) is 7.03. The van der Waals surface area contributed by atoms with Gasteiger partial charge in [0.2, 0.25) is 5.91 Å². The molecule has 9 nitrogen and oxygen atoms in total. The van der Waals surface area contributed by atoms with E-state index < -0.39 is 28.8 Å². The lowest BCUT2D eigenvalue weighted by Gasteiger charge is -2.20. The number of anilines is 1. The van der Waals surface area contributed by atoms with Crippen molar-refractivity contribution in [1.82, 2.24) is 5.32 Å². The first-order valence-corrected chi connectivity index (χ1v) is 9.40. The number of thioether (sulfide) groups is 1. The molecule has 1 aromatic rings. The van der Waals surface area contributed by atoms with Gasteiger partial charge in [-0.05, 0) is 32.9 Å². The van der Waals surface area contributed by atoms with Gasteiger partial charge in [0.1, 0.15) is 10.9 Å². The molecule has 1 fully saturated rings. The van der Waals surface area contributed by atoms with E-state index in [1.54, 1.807) is 39.0 Å². The van der Waals surface area contributed by atoms with Crippen LogP contribution in [0.2, 0.25) is 5.02 Å². The number of nitrogens with one attached hydrogen (secondary N) is 2. The summed E-state index contributed by atoms with van der Waals surface area (Å²) in [5.74, 6) is -1.52. The maximum absolute atomic E-state index is 12.0. The number of halogens is 1. The Morgan fingerprint density at radius 2 is 2.14 bits per heavy atom. The van der Waals surface area contributed by atoms with Gasteiger partial charge in [0.15, 0.2) is 5.17 Å². The van der Waals surface area contributed by atoms with Crippen molar-refractivity contribution in [3.8, 4) is 0 Å². The van der Waals surface area contributed by atoms with Crippen LogP contribution >= 0.6 is 23.4 Å². The number of amidine groups is 1. The highest BCUT2D eigenvalue weighted by Crippen LogP contribution is 2.24. The number of carbonyl (C=O) groups excluding carboxylic acids is 2. The number of hydrogen-bond acceptors (Lipinski definition) is 7. The summed E-state index contributed by atoms with van der Waals surface area (Å²) in [4.78, 5) is 34.4. The van der Waals surface area contributed by atoms with Crippen LogP contribution in [0.3, 0.4) is 0 Å². The molecule has 1 aliphatic heterocycles. The molecule has 2 amide bonds. The van der Waals surface area contributed by atoms with E-state index >= 15 is 0 Å². The average molecular weight is 427 g/mol. The number of carbonyl (C=O) groups is 3. The van der Waals surface area contributed by atoms with E-state index in [-0.39, 0.29) is 11.6 Å². The van der Waals surface area contributed by atoms with Crippen LogP contribution in [-0.2, 0) is 14.3 Å². The highest BCUT2D eigenvalue weighted by Gasteiger charge is 2.32. The van der Waals surface area contributed by atoms with Crippen LogP contribution in [0, 0.1) is 0 Å². The number of rotatable bonds is 5. The van der Waals surface area contributed by atoms with Gasteiger partial charge in [0.05, 0.1) is 23.3 Å². The number of hydrogen-bond donors (Lipinski definition) is 3. The Labute approximate surface area is 170 Å². The predicted molar refractivity (Wildman–Crippen MR) is 108 cm³/mol. The first kappa shape index (κ1) is 21.7. The van der Waals surface area contributed by atoms with Gasteiger partial charge >= 0.3 is 12.1 Å². The van der Waals surface area contributed by atoms with E-state index in [0.717, 1.165) is 11.8 Å². The summed E-state index contributed by atoms with van der Waals surface area (Å²) in [6, 6.07) is 4.90. The van der Waals surface area contributed by atoms with Crippen molar-refractivity contribution in [3.63, 3.8) is 0 Å². The van der Waals surface area contributed by atoms with Crippen molar-refractivity contribution in [1.29, 1.82) is 0 Å². The molecule has 0 aliphatic carbocycles. The Hall–Kier alpha value is -2.59. The monoisotopic (exact) mass is 426 g/mol. The first-order chi connectivity index (χ1) is 13.0. The van der Waals surface area contributed by atoms with Gasteiger partial charge in [-0.25, -0.2) is 4.79 Å². The molecule has 11 heteroatoms. The summed E-state index contributed by atoms with van der Waals surface area (Å²) in [7, 11) is 0. The molecule has 1 unspecified atom stereocenters. The van der Waals surface area contributed by atoms with Crippen molar-refractivity contribution in [2.24, 2.45) is 10.2 Å². The van der Waals surface area contributed by atoms with Gasteiger partial charge in [-0.3, -0.25) is 14.9 Å². The summed E-state index contributed by atoms with van der Waals surface area (Å²) in [5.41, 5.74) is 0.112. The second-order valence-electron chi connectivity index (χ2n) is 6.67. The van der Waals surface area contributed by atoms with Crippen molar-refractivity contribution in [3.05, 3.63) is 28.8 Å². The average Bonchev–Trinajstić information content (AvgIpc) is 2.87. The Morgan fingerprint density at radius 3 is 2.79 bits per heavy atom. The van der Waals surface area contributed by atoms with Gasteiger partial charge in [0, 0.05) is 5.56 Å². The van der Waals surface area contributed by atoms with Crippen LogP contribution in [-0.4, -0.2) is 45.3 Å². The fraction of sp³-hybridized carbons (Fsp3) is 0.353. The van der Waals surface area contributed by atoms with Gasteiger partial charge in [0.25, 0.3) is 0 Å². The molecule has 0 aromatic heterocycles. The van der Waals surface area contributed by atoms with Crippen LogP contribution in [0.1, 0.15) is 32.8 Å². The molecule has 3 N–H and O–H groups in total. The summed E-state index contributed by atoms with van der Waals surface area (Å²) in [6.07, 6.45) is 0.360. The molecule has 0 saturated carbocycles. The quantitative estimate of drug-likeness (QED) is 0.490. The predicted octanol–water partition coefficient (Wildman–Crippen LogP) is 3.08. The molecule has 2 rings (SSSR count). The minimum Gasteiger partial charge on any atom is -0.481 e. The van der Waals surface area contributed by atoms with Gasteiger partial charge < -0.3 is 15.2 Å². The molecule has 0 bridgehead atoms. The molecule has 1 aromatic carbocycles. The maximum Gasteiger partial charge on any atom is 0.412 e. The molecule has 28 heavy (non-hydrogen) atoms. The Bertz CT molecular complexity index is 850. The van der Waals surface area contributed by atoms with Crippen LogP contribution in [0.5, 0.6) is 0 Å². The highest BCUT2D eigenvalue weighted by molar-refractivity contribution is 8.15. The molecule has 0 spiro atoms. The molecular formula is C17H19ClN4O5S. The number of aliphatic carboxylic acids is 1. The zero-order valence-electron chi connectivity index (χ0n) is 15.4. The number of amides is 2. The summed E-state index contributed by atoms with van der Waals surface area (Å²) >= 11 is 7.15. The largest absolute Gasteiger partial charge is 0.481 e. The second kappa shape index (κ2) is 9.07. The van der Waals surface area contributed by atoms with Crippen LogP contribution in [0.4, 0.5) is 10.5 Å². The minimum atomic E-state index is -1.08. The van der Waals surface area contributed by atoms with Crippen molar-refractivity contribution < 1.29 is 24.2 Å². The highest BCUT2D eigenvalue weighted by atomic mass is 35.5. The number of benzene rings is 1. The van der Waals surface area contributed by atoms with Crippen molar-refractivity contribution >= 4 is 58.4 Å². The topological polar surface area (TPSA) is 129 Å². The number of nitrogens with zero attached hydrogens (tertiary/aromatic N) is 2. The molecule has 0 radical (unpaired) electrons. The summed E-state index contributed by atoms with van der Waals surface area (Å²) in [6.45, 7) is 5.23. The molecule has 1 heterocycles. The Balaban J connectivity index is 2.12. The third-order valence-electron chi connectivity index (χ3n) is 3.16. The lowest BCUT2D eigenvalue weighted by Crippen LogP contribution is -2.27. The fourth-order valence-corrected chi connectivity index (χ4v) is 3.21. The third-order valence-corrected chi connectivity index (χ3v) is 4.56. The van der Waals surface area contributed by atoms with E-state index in [4.69, 9.17) is 21.4 Å². The first-order valence-electron chi connectivity index (χ1n) is 8.14. The molecule has 150 valence electrons. The normalized spacial score (nSPS) is 18.4. The minimum absolute atomic E-state index is 0.182. The molecule has 1 saturated heterocycles. The summed E-state index contributed by atoms with van der Waals surface area (Å²) in [5, 5.41) is 21.3. The van der Waals surface area contributed by atoms with Gasteiger partial charge in [-0.15, -0.1) is 5.10 Å². The lowest BCUT2D eigenvalue weighted by molar-refractivity contribution is -0.138. The lowest BCUT2D eigenvalue weighted by atomic mass is 10.2. The zero-order chi connectivity index (χ0) is 20.9. The van der Waals surface area contributed by atoms with E-state index in [1.165, 1.54) is 6.21 Å². The van der Waals surface area contributed by atoms with E-state index in [9.17, 15) is 14.4 Å². The van der Waals surface area contributed by atoms with Crippen LogP contribution < -0.4 is 10.6 Å². The fourth-order valence-electron chi connectivity index (χ4n) is 2.07. The smallest absolute Gasteiger partial charge is 0.412 e. The molecule has 1 atom stereocenters. The summed E-state index contributed by atoms with van der Waals surface area (Å²) < 4.78 is 5.21. The third kappa shape index (κ3) is 6.54. The standard InChI is InChI=1S/C17H19ClN4O5S/c1-17(2,3)27-16(26)20-11-6-4-5-10(18)9(11)8-19-22-15-21-14(25)12(28-15)7-13(23)24/h4-6,8,12H,7H2,1-3H3,(H,20,26)(H,23,24)(H,21,22,25). The number of carboxylic acids is 1. The second-order valence-corrected chi connectivity index (χ2v) is 8.27. The molecule has 1 aliphatic rings. The van der Waals surface area contributed by atoms with Gasteiger partial charge in [-0.1, -0.05) is 29.4 Å². The van der Waals surface area contributed by atoms with Gasteiger partial charge in [-0.2, -0.15) is 5.10 Å². The van der Waals surface area contributed by atoms with E-state index in [2.05, 4.69) is 20.8 Å². The van der Waals surface area contributed by atoms with Crippen molar-refractivity contribution in [2.45, 2.75) is 38.0 Å². The van der Waals surface area contributed by atoms with Crippen LogP contribution in [0.25, 0.3) is 0 Å². The zero-order valence-corrected chi connectivity index (χ0v) is 16.9. The molecular weight excluding hydrogens is 408 g/mol. The number of carboxylic acid groups (broad SMARTS) is 1. The number of ether oxygens (including phenoxy) is 1. The maximum atomic E-state index is 12.0. The van der Waals surface area contributed by atoms with Crippen molar-refractivity contribution in [2.75, 3.05) is 5.32 Å². The SMILES string of the molecule is CC(C)(C)OC(=O)Nc1cccc(Cl)c1C=NN=C1NC(=O)C(CC(=O)O)S1. The Morgan fingerprint density at radius 1 is 1.43 bits per heavy atom. The van der Waals surface area contributed by atoms with E-state index in [1.807, 2.05) is 0 Å². The van der Waals surface area contributed by atoms with E-state index in [0.29, 0.717) is 16.3 Å².